The number of H-pyrrole nitrogens is 1. The molecule has 0 radical (unpaired) electrons. The van der Waals surface area contributed by atoms with E-state index >= 15 is 0 Å². The Balaban J connectivity index is 1.26. The SMILES string of the molecule is CC(C)C[C@H](NC(=O)CNC(=O)[C@H](Cc1ccccc1)NC(=O)c1ccccc1OC(=O)c1ccccc1O)C(=O)N[C@@H](CCCN=C(N)N)C(=O)N[C@@H](Cc1c[nH]c2ccccc12)C(N)=O. The van der Waals surface area contributed by atoms with E-state index < -0.39 is 72.1 Å². The Morgan fingerprint density at radius 2 is 1.33 bits per heavy atom. The van der Waals surface area contributed by atoms with Gasteiger partial charge in [-0.1, -0.05) is 86.6 Å². The summed E-state index contributed by atoms with van der Waals surface area (Å²) in [7, 11) is 0. The molecule has 13 N–H and O–H groups in total. The normalized spacial score (nSPS) is 12.7. The van der Waals surface area contributed by atoms with E-state index in [0.717, 1.165) is 16.5 Å². The van der Waals surface area contributed by atoms with Crippen LogP contribution in [0.4, 0.5) is 0 Å². The Morgan fingerprint density at radius 1 is 0.687 bits per heavy atom. The number of primary amides is 1. The lowest BCUT2D eigenvalue weighted by Crippen LogP contribution is -2.57. The van der Waals surface area contributed by atoms with Gasteiger partial charge in [-0.15, -0.1) is 0 Å². The highest BCUT2D eigenvalue weighted by Crippen LogP contribution is 2.23. The quantitative estimate of drug-likeness (QED) is 0.0148. The first-order valence-corrected chi connectivity index (χ1v) is 21.6. The van der Waals surface area contributed by atoms with Crippen molar-refractivity contribution in [2.24, 2.45) is 28.1 Å². The van der Waals surface area contributed by atoms with E-state index in [1.807, 2.05) is 38.1 Å². The van der Waals surface area contributed by atoms with E-state index in [0.29, 0.717) is 5.56 Å². The molecule has 352 valence electrons. The Hall–Kier alpha value is -8.22. The summed E-state index contributed by atoms with van der Waals surface area (Å²) in [4.78, 5) is 101. The summed E-state index contributed by atoms with van der Waals surface area (Å²) in [5.41, 5.74) is 18.8. The molecule has 19 heteroatoms. The molecule has 0 saturated carbocycles. The number of amides is 6. The van der Waals surface area contributed by atoms with E-state index in [1.165, 1.54) is 42.5 Å². The zero-order valence-electron chi connectivity index (χ0n) is 37.1. The third-order valence-electron chi connectivity index (χ3n) is 10.5. The lowest BCUT2D eigenvalue weighted by Gasteiger charge is -2.26. The zero-order chi connectivity index (χ0) is 48.5. The number of aromatic amines is 1. The minimum Gasteiger partial charge on any atom is -0.507 e. The number of aromatic nitrogens is 1. The zero-order valence-corrected chi connectivity index (χ0v) is 37.1. The number of esters is 1. The number of fused-ring (bicyclic) bond motifs is 1. The number of hydrogen-bond acceptors (Lipinski definition) is 10. The van der Waals surface area contributed by atoms with Crippen molar-refractivity contribution in [2.45, 2.75) is 70.1 Å². The molecule has 6 amide bonds. The molecule has 5 aromatic rings. The standard InChI is InChI=1S/C48H56N10O9/c1-28(2)23-37(46(65)56-35(19-12-22-52-48(50)51)45(64)57-36(42(49)61)25-30-26-53-34-18-9-6-15-31(30)34)55-41(60)27-54-44(63)38(24-29-13-4-3-5-14-29)58-43(62)33-17-8-11-21-40(33)67-47(66)32-16-7-10-20-39(32)59/h3-11,13-18,20-21,26,28,35-38,53,59H,12,19,22-25,27H2,1-2H3,(H2,49,61)(H,54,63)(H,55,60)(H,56,65)(H,57,64)(H,58,62)(H4,50,51,52)/t35-,36-,37-,38-/m0/s1. The lowest BCUT2D eigenvalue weighted by molar-refractivity contribution is -0.133. The number of phenolic OH excluding ortho intramolecular Hbond substituents is 1. The van der Waals surface area contributed by atoms with Crippen LogP contribution in [0, 0.1) is 5.92 Å². The molecule has 4 atom stereocenters. The molecular weight excluding hydrogens is 861 g/mol. The fourth-order valence-corrected chi connectivity index (χ4v) is 7.14. The maximum Gasteiger partial charge on any atom is 0.347 e. The van der Waals surface area contributed by atoms with Crippen molar-refractivity contribution < 1.29 is 43.4 Å². The van der Waals surface area contributed by atoms with Crippen molar-refractivity contribution in [1.29, 1.82) is 0 Å². The molecule has 0 saturated heterocycles. The van der Waals surface area contributed by atoms with Gasteiger partial charge in [0.15, 0.2) is 5.96 Å². The van der Waals surface area contributed by atoms with Crippen molar-refractivity contribution in [3.05, 3.63) is 132 Å². The van der Waals surface area contributed by atoms with Crippen LogP contribution in [0.5, 0.6) is 11.5 Å². The molecule has 1 heterocycles. The van der Waals surface area contributed by atoms with Crippen molar-refractivity contribution in [2.75, 3.05) is 13.1 Å². The second-order valence-corrected chi connectivity index (χ2v) is 16.1. The topological polar surface area (TPSA) is 315 Å². The third kappa shape index (κ3) is 14.9. The maximum absolute atomic E-state index is 13.9. The first kappa shape index (κ1) is 49.8. The second-order valence-electron chi connectivity index (χ2n) is 16.1. The number of guanidine groups is 1. The van der Waals surface area contributed by atoms with Crippen LogP contribution in [0.1, 0.15) is 65.0 Å². The number of ether oxygens (including phenoxy) is 1. The van der Waals surface area contributed by atoms with Gasteiger partial charge in [-0.25, -0.2) is 4.79 Å². The average Bonchev–Trinajstić information content (AvgIpc) is 3.71. The fraction of sp³-hybridized carbons (Fsp3) is 0.292. The van der Waals surface area contributed by atoms with Crippen molar-refractivity contribution >= 4 is 58.3 Å². The van der Waals surface area contributed by atoms with Gasteiger partial charge < -0.3 is 58.6 Å². The van der Waals surface area contributed by atoms with Gasteiger partial charge in [0.05, 0.1) is 12.1 Å². The van der Waals surface area contributed by atoms with Crippen LogP contribution in [0.2, 0.25) is 0 Å². The largest absolute Gasteiger partial charge is 0.507 e. The van der Waals surface area contributed by atoms with Gasteiger partial charge in [0.25, 0.3) is 5.91 Å². The molecule has 0 unspecified atom stereocenters. The summed E-state index contributed by atoms with van der Waals surface area (Å²) >= 11 is 0. The smallest absolute Gasteiger partial charge is 0.347 e. The van der Waals surface area contributed by atoms with Crippen LogP contribution in [-0.4, -0.2) is 94.7 Å². The predicted molar refractivity (Wildman–Crippen MR) is 250 cm³/mol. The molecule has 1 aromatic heterocycles. The number of aromatic hydroxyl groups is 1. The summed E-state index contributed by atoms with van der Waals surface area (Å²) in [5.74, 6) is -6.11. The summed E-state index contributed by atoms with van der Waals surface area (Å²) in [6.45, 7) is 3.19. The number of carbonyl (C=O) groups excluding carboxylic acids is 7. The maximum atomic E-state index is 13.9. The number of nitrogens with zero attached hydrogens (tertiary/aromatic N) is 1. The molecule has 4 aromatic carbocycles. The Morgan fingerprint density at radius 3 is 2.03 bits per heavy atom. The van der Waals surface area contributed by atoms with Gasteiger partial charge in [-0.05, 0) is 66.6 Å². The molecule has 67 heavy (non-hydrogen) atoms. The number of benzene rings is 4. The minimum absolute atomic E-state index is 0.00326. The average molecular weight is 917 g/mol. The molecule has 0 bridgehead atoms. The molecule has 0 spiro atoms. The predicted octanol–water partition coefficient (Wildman–Crippen LogP) is 1.83. The van der Waals surface area contributed by atoms with Gasteiger partial charge in [0.2, 0.25) is 29.5 Å². The Bertz CT molecular complexity index is 2580. The number of para-hydroxylation sites is 3. The van der Waals surface area contributed by atoms with E-state index in [4.69, 9.17) is 21.9 Å². The van der Waals surface area contributed by atoms with Crippen LogP contribution in [0.3, 0.4) is 0 Å². The fourth-order valence-electron chi connectivity index (χ4n) is 7.14. The van der Waals surface area contributed by atoms with Crippen LogP contribution in [0.15, 0.2) is 114 Å². The Kier molecular flexibility index (Phi) is 18.0. The highest BCUT2D eigenvalue weighted by Gasteiger charge is 2.31. The number of hydrogen-bond donors (Lipinski definition) is 10. The summed E-state index contributed by atoms with van der Waals surface area (Å²) in [5, 5.41) is 24.3. The number of carbonyl (C=O) groups is 7. The van der Waals surface area contributed by atoms with Gasteiger partial charge in [0, 0.05) is 36.5 Å². The first-order chi connectivity index (χ1) is 32.1. The molecule has 5 rings (SSSR count). The molecule has 0 aliphatic rings. The van der Waals surface area contributed by atoms with Crippen LogP contribution >= 0.6 is 0 Å². The van der Waals surface area contributed by atoms with Gasteiger partial charge in [-0.3, -0.25) is 33.8 Å². The van der Waals surface area contributed by atoms with E-state index in [-0.39, 0.29) is 73.2 Å². The van der Waals surface area contributed by atoms with Gasteiger partial charge in [-0.2, -0.15) is 0 Å². The lowest BCUT2D eigenvalue weighted by atomic mass is 10.0. The molecule has 0 aliphatic heterocycles. The van der Waals surface area contributed by atoms with Gasteiger partial charge in [0.1, 0.15) is 41.2 Å². The van der Waals surface area contributed by atoms with Crippen molar-refractivity contribution in [1.82, 2.24) is 31.6 Å². The summed E-state index contributed by atoms with van der Waals surface area (Å²) in [6, 6.07) is 23.1. The number of nitrogens with one attached hydrogen (secondary N) is 6. The third-order valence-corrected chi connectivity index (χ3v) is 10.5. The van der Waals surface area contributed by atoms with E-state index in [2.05, 4.69) is 36.6 Å². The number of rotatable bonds is 23. The highest BCUT2D eigenvalue weighted by atomic mass is 16.5. The van der Waals surface area contributed by atoms with Gasteiger partial charge >= 0.3 is 5.97 Å². The number of aliphatic imine (C=N–C) groups is 1. The number of phenols is 1. The molecule has 19 nitrogen and oxygen atoms in total. The Labute approximate surface area is 386 Å². The van der Waals surface area contributed by atoms with E-state index in [1.54, 1.807) is 42.6 Å². The van der Waals surface area contributed by atoms with Crippen LogP contribution < -0.4 is 48.5 Å². The number of nitrogens with two attached hydrogens (primary N) is 3. The van der Waals surface area contributed by atoms with Crippen molar-refractivity contribution in [3.63, 3.8) is 0 Å². The van der Waals surface area contributed by atoms with Crippen LogP contribution in [-0.2, 0) is 36.8 Å². The summed E-state index contributed by atoms with van der Waals surface area (Å²) < 4.78 is 5.48. The van der Waals surface area contributed by atoms with Crippen LogP contribution in [0.25, 0.3) is 10.9 Å². The van der Waals surface area contributed by atoms with Crippen molar-refractivity contribution in [3.8, 4) is 11.5 Å². The second kappa shape index (κ2) is 24.2. The molecule has 0 aliphatic carbocycles. The molecular formula is C48H56N10O9. The monoisotopic (exact) mass is 916 g/mol. The summed E-state index contributed by atoms with van der Waals surface area (Å²) in [6.07, 6.45) is 2.23. The highest BCUT2D eigenvalue weighted by molar-refractivity contribution is 6.02. The van der Waals surface area contributed by atoms with E-state index in [9.17, 15) is 38.7 Å². The minimum atomic E-state index is -1.24. The first-order valence-electron chi connectivity index (χ1n) is 21.6. The molecule has 0 fully saturated rings.